The smallest absolute Gasteiger partial charge is 0.171 e. The van der Waals surface area contributed by atoms with Crippen LogP contribution in [0.25, 0.3) is 11.0 Å². The molecule has 0 radical (unpaired) electrons. The molecule has 0 N–H and O–H groups in total. The van der Waals surface area contributed by atoms with E-state index in [1.807, 2.05) is 12.1 Å². The molecule has 3 rings (SSSR count). The Morgan fingerprint density at radius 3 is 2.69 bits per heavy atom. The molecule has 0 bridgehead atoms. The Bertz CT molecular complexity index is 523. The Labute approximate surface area is 101 Å². The zero-order valence-electron chi connectivity index (χ0n) is 8.53. The lowest BCUT2D eigenvalue weighted by Crippen LogP contribution is -2.15. The predicted octanol–water partition coefficient (Wildman–Crippen LogP) is 2.54. The number of aromatic nitrogens is 1. The molecule has 1 aliphatic heterocycles. The van der Waals surface area contributed by atoms with Crippen molar-refractivity contribution in [3.8, 4) is 11.5 Å². The van der Waals surface area contributed by atoms with E-state index in [1.165, 1.54) is 0 Å². The van der Waals surface area contributed by atoms with Crippen LogP contribution in [0.1, 0.15) is 5.69 Å². The predicted molar refractivity (Wildman–Crippen MR) is 62.5 cm³/mol. The largest absolute Gasteiger partial charge is 0.486 e. The highest BCUT2D eigenvalue weighted by atomic mass is 79.9. The van der Waals surface area contributed by atoms with Crippen LogP contribution in [0.3, 0.4) is 0 Å². The lowest BCUT2D eigenvalue weighted by molar-refractivity contribution is 0.172. The van der Waals surface area contributed by atoms with Crippen molar-refractivity contribution in [2.24, 2.45) is 0 Å². The van der Waals surface area contributed by atoms with Gasteiger partial charge in [-0.05, 0) is 6.07 Å². The van der Waals surface area contributed by atoms with Gasteiger partial charge in [0.2, 0.25) is 0 Å². The van der Waals surface area contributed by atoms with Crippen LogP contribution < -0.4 is 9.47 Å². The van der Waals surface area contributed by atoms with Crippen molar-refractivity contribution in [2.45, 2.75) is 6.42 Å². The Morgan fingerprint density at radius 2 is 1.94 bits per heavy atom. The normalized spacial score (nSPS) is 14.3. The van der Waals surface area contributed by atoms with Gasteiger partial charge in [0.25, 0.3) is 0 Å². The molecule has 0 atom stereocenters. The van der Waals surface area contributed by atoms with E-state index in [0.29, 0.717) is 13.2 Å². The number of alkyl halides is 1. The van der Waals surface area contributed by atoms with E-state index in [2.05, 4.69) is 21.1 Å². The van der Waals surface area contributed by atoms with Crippen LogP contribution in [-0.4, -0.2) is 23.7 Å². The van der Waals surface area contributed by atoms with Gasteiger partial charge in [-0.2, -0.15) is 0 Å². The molecule has 2 heterocycles. The third-order valence-electron chi connectivity index (χ3n) is 2.54. The molecule has 1 aliphatic rings. The van der Waals surface area contributed by atoms with E-state index >= 15 is 0 Å². The van der Waals surface area contributed by atoms with Gasteiger partial charge in [0.05, 0.1) is 5.69 Å². The number of aryl methyl sites for hydroxylation is 1. The first-order valence-corrected chi connectivity index (χ1v) is 6.24. The molecule has 0 saturated carbocycles. The first-order valence-electron chi connectivity index (χ1n) is 5.12. The van der Waals surface area contributed by atoms with E-state index in [0.717, 1.165) is 39.9 Å². The van der Waals surface area contributed by atoms with Gasteiger partial charge in [0.1, 0.15) is 13.2 Å². The number of benzene rings is 1. The Hall–Kier alpha value is -1.23. The van der Waals surface area contributed by atoms with Gasteiger partial charge in [0, 0.05) is 23.2 Å². The summed E-state index contributed by atoms with van der Waals surface area (Å²) < 4.78 is 16.3. The van der Waals surface area contributed by atoms with Gasteiger partial charge in [-0.3, -0.25) is 0 Å². The summed E-state index contributed by atoms with van der Waals surface area (Å²) in [6.07, 6.45) is 0.840. The fourth-order valence-electron chi connectivity index (χ4n) is 1.79. The number of fused-ring (bicyclic) bond motifs is 2. The summed E-state index contributed by atoms with van der Waals surface area (Å²) in [6, 6.07) is 3.78. The summed E-state index contributed by atoms with van der Waals surface area (Å²) >= 11 is 3.39. The van der Waals surface area contributed by atoms with Crippen molar-refractivity contribution < 1.29 is 14.0 Å². The van der Waals surface area contributed by atoms with Gasteiger partial charge in [-0.25, -0.2) is 0 Å². The molecule has 4 nitrogen and oxygen atoms in total. The number of hydrogen-bond acceptors (Lipinski definition) is 4. The lowest BCUT2D eigenvalue weighted by atomic mass is 10.1. The van der Waals surface area contributed by atoms with Crippen LogP contribution in [0.4, 0.5) is 0 Å². The quantitative estimate of drug-likeness (QED) is 0.795. The van der Waals surface area contributed by atoms with E-state index in [4.69, 9.17) is 14.0 Å². The molecular formula is C11H10BrNO3. The second kappa shape index (κ2) is 3.97. The summed E-state index contributed by atoms with van der Waals surface area (Å²) in [5, 5.41) is 5.91. The molecule has 0 aliphatic carbocycles. The van der Waals surface area contributed by atoms with Crippen LogP contribution in [-0.2, 0) is 6.42 Å². The third kappa shape index (κ3) is 1.55. The summed E-state index contributed by atoms with van der Waals surface area (Å²) in [7, 11) is 0. The van der Waals surface area contributed by atoms with E-state index in [9.17, 15) is 0 Å². The summed E-state index contributed by atoms with van der Waals surface area (Å²) in [5.74, 6) is 1.51. The number of hydrogen-bond donors (Lipinski definition) is 0. The first-order chi connectivity index (χ1) is 7.88. The fourth-order valence-corrected chi connectivity index (χ4v) is 2.17. The maximum Gasteiger partial charge on any atom is 0.171 e. The monoisotopic (exact) mass is 283 g/mol. The average Bonchev–Trinajstić information content (AvgIpc) is 2.70. The van der Waals surface area contributed by atoms with Crippen LogP contribution in [0, 0.1) is 0 Å². The number of rotatable bonds is 2. The van der Waals surface area contributed by atoms with Crippen molar-refractivity contribution >= 4 is 26.9 Å². The number of halogens is 1. The summed E-state index contributed by atoms with van der Waals surface area (Å²) in [6.45, 7) is 1.18. The second-order valence-electron chi connectivity index (χ2n) is 3.56. The molecule has 5 heteroatoms. The zero-order chi connectivity index (χ0) is 11.0. The minimum atomic E-state index is 0.584. The summed E-state index contributed by atoms with van der Waals surface area (Å²) in [4.78, 5) is 0. The fraction of sp³-hybridized carbons (Fsp3) is 0.364. The van der Waals surface area contributed by atoms with Gasteiger partial charge in [-0.1, -0.05) is 21.1 Å². The van der Waals surface area contributed by atoms with Gasteiger partial charge in [-0.15, -0.1) is 0 Å². The Balaban J connectivity index is 2.14. The van der Waals surface area contributed by atoms with Crippen LogP contribution >= 0.6 is 15.9 Å². The molecule has 0 spiro atoms. The van der Waals surface area contributed by atoms with Gasteiger partial charge < -0.3 is 14.0 Å². The van der Waals surface area contributed by atoms with Crippen LogP contribution in [0.5, 0.6) is 11.5 Å². The molecule has 0 amide bonds. The Kier molecular flexibility index (Phi) is 2.47. The van der Waals surface area contributed by atoms with Crippen molar-refractivity contribution in [1.29, 1.82) is 0 Å². The van der Waals surface area contributed by atoms with Crippen molar-refractivity contribution in [2.75, 3.05) is 18.5 Å². The van der Waals surface area contributed by atoms with E-state index in [1.54, 1.807) is 0 Å². The topological polar surface area (TPSA) is 44.5 Å². The first kappa shape index (κ1) is 9.96. The highest BCUT2D eigenvalue weighted by Gasteiger charge is 2.16. The lowest BCUT2D eigenvalue weighted by Gasteiger charge is -2.17. The van der Waals surface area contributed by atoms with Gasteiger partial charge in [0.15, 0.2) is 17.1 Å². The maximum atomic E-state index is 5.53. The molecule has 16 heavy (non-hydrogen) atoms. The van der Waals surface area contributed by atoms with Crippen molar-refractivity contribution in [3.05, 3.63) is 17.8 Å². The Morgan fingerprint density at radius 1 is 1.19 bits per heavy atom. The number of nitrogens with zero attached hydrogens (tertiary/aromatic N) is 1. The molecular weight excluding hydrogens is 274 g/mol. The number of ether oxygens (including phenoxy) is 2. The minimum Gasteiger partial charge on any atom is -0.486 e. The molecule has 0 unspecified atom stereocenters. The van der Waals surface area contributed by atoms with Crippen LogP contribution in [0.15, 0.2) is 16.7 Å². The molecule has 0 fully saturated rings. The van der Waals surface area contributed by atoms with Crippen molar-refractivity contribution in [3.63, 3.8) is 0 Å². The standard InChI is InChI=1S/C11H10BrNO3/c12-2-1-8-7-5-10-11(15-4-3-14-10)6-9(7)16-13-8/h5-6H,1-4H2. The molecule has 1 aromatic carbocycles. The zero-order valence-corrected chi connectivity index (χ0v) is 10.1. The molecule has 1 aromatic heterocycles. The van der Waals surface area contributed by atoms with Gasteiger partial charge >= 0.3 is 0 Å². The van der Waals surface area contributed by atoms with E-state index < -0.39 is 0 Å². The van der Waals surface area contributed by atoms with Crippen LogP contribution in [0.2, 0.25) is 0 Å². The highest BCUT2D eigenvalue weighted by molar-refractivity contribution is 9.09. The third-order valence-corrected chi connectivity index (χ3v) is 2.94. The second-order valence-corrected chi connectivity index (χ2v) is 4.35. The maximum absolute atomic E-state index is 5.53. The molecule has 2 aromatic rings. The highest BCUT2D eigenvalue weighted by Crippen LogP contribution is 2.35. The SMILES string of the molecule is BrCCc1noc2cc3c(cc12)OCCO3. The minimum absolute atomic E-state index is 0.584. The molecule has 84 valence electrons. The average molecular weight is 284 g/mol. The molecule has 0 saturated heterocycles. The summed E-state index contributed by atoms with van der Waals surface area (Å²) in [5.41, 5.74) is 1.70. The van der Waals surface area contributed by atoms with E-state index in [-0.39, 0.29) is 0 Å². The van der Waals surface area contributed by atoms with Crippen molar-refractivity contribution in [1.82, 2.24) is 5.16 Å².